The van der Waals surface area contributed by atoms with Crippen molar-refractivity contribution in [1.29, 1.82) is 0 Å². The molecule has 0 saturated heterocycles. The van der Waals surface area contributed by atoms with Crippen molar-refractivity contribution in [3.8, 4) is 5.75 Å². The Morgan fingerprint density at radius 3 is 2.66 bits per heavy atom. The Labute approximate surface area is 196 Å². The van der Waals surface area contributed by atoms with Crippen LogP contribution in [0.5, 0.6) is 5.75 Å². The summed E-state index contributed by atoms with van der Waals surface area (Å²) < 4.78 is 14.5. The van der Waals surface area contributed by atoms with E-state index in [1.54, 1.807) is 4.90 Å². The molecule has 170 valence electrons. The van der Waals surface area contributed by atoms with Gasteiger partial charge in [0.15, 0.2) is 0 Å². The lowest BCUT2D eigenvalue weighted by Gasteiger charge is -2.31. The normalized spacial score (nSPS) is 14.8. The number of benzene rings is 2. The fourth-order valence-corrected chi connectivity index (χ4v) is 4.45. The zero-order valence-corrected chi connectivity index (χ0v) is 20.3. The van der Waals surface area contributed by atoms with Crippen LogP contribution in [0.2, 0.25) is 0 Å². The number of para-hydroxylation sites is 1. The monoisotopic (exact) mass is 500 g/mol. The topological polar surface area (TPSA) is 63.9 Å². The van der Waals surface area contributed by atoms with Gasteiger partial charge in [-0.15, -0.1) is 0 Å². The number of hydrogen-bond donors (Lipinski definition) is 1. The summed E-state index contributed by atoms with van der Waals surface area (Å²) in [6.45, 7) is 7.33. The van der Waals surface area contributed by atoms with Gasteiger partial charge in [-0.25, -0.2) is 4.79 Å². The van der Waals surface area contributed by atoms with E-state index in [9.17, 15) is 9.90 Å². The van der Waals surface area contributed by atoms with E-state index in [1.165, 1.54) is 0 Å². The lowest BCUT2D eigenvalue weighted by molar-refractivity contribution is 0.0222. The molecule has 1 unspecified atom stereocenters. The van der Waals surface area contributed by atoms with Gasteiger partial charge in [0.25, 0.3) is 0 Å². The van der Waals surface area contributed by atoms with Gasteiger partial charge in [0.05, 0.1) is 13.1 Å². The molecule has 1 amide bonds. The number of amides is 1. The maximum Gasteiger partial charge on any atom is 0.410 e. The summed E-state index contributed by atoms with van der Waals surface area (Å²) in [7, 11) is 0. The Morgan fingerprint density at radius 2 is 1.94 bits per heavy atom. The van der Waals surface area contributed by atoms with E-state index in [-0.39, 0.29) is 12.7 Å². The van der Waals surface area contributed by atoms with Crippen LogP contribution in [-0.2, 0) is 24.2 Å². The molecule has 0 aliphatic carbocycles. The second kappa shape index (κ2) is 9.16. The van der Waals surface area contributed by atoms with Crippen LogP contribution in [-0.4, -0.2) is 45.5 Å². The van der Waals surface area contributed by atoms with Crippen molar-refractivity contribution in [1.82, 2.24) is 9.47 Å². The van der Waals surface area contributed by atoms with Crippen LogP contribution in [0.25, 0.3) is 10.9 Å². The Balaban J connectivity index is 1.57. The minimum Gasteiger partial charge on any atom is -0.491 e. The van der Waals surface area contributed by atoms with Gasteiger partial charge in [-0.2, -0.15) is 0 Å². The quantitative estimate of drug-likeness (QED) is 0.526. The molecule has 32 heavy (non-hydrogen) atoms. The molecule has 2 heterocycles. The van der Waals surface area contributed by atoms with E-state index >= 15 is 0 Å². The van der Waals surface area contributed by atoms with Gasteiger partial charge >= 0.3 is 6.09 Å². The third-order valence-electron chi connectivity index (χ3n) is 5.45. The highest BCUT2D eigenvalue weighted by Crippen LogP contribution is 2.33. The number of halogens is 1. The molecule has 2 aromatic carbocycles. The molecular weight excluding hydrogens is 472 g/mol. The van der Waals surface area contributed by atoms with Crippen LogP contribution < -0.4 is 4.74 Å². The van der Waals surface area contributed by atoms with Crippen LogP contribution in [0.15, 0.2) is 53.0 Å². The van der Waals surface area contributed by atoms with E-state index in [0.717, 1.165) is 32.4 Å². The second-order valence-electron chi connectivity index (χ2n) is 9.13. The molecule has 1 aromatic heterocycles. The highest BCUT2D eigenvalue weighted by atomic mass is 79.9. The molecule has 1 N–H and O–H groups in total. The van der Waals surface area contributed by atoms with Crippen LogP contribution >= 0.6 is 15.9 Å². The lowest BCUT2D eigenvalue weighted by Crippen LogP contribution is -2.40. The number of ether oxygens (including phenoxy) is 2. The number of aliphatic hydroxyl groups excluding tert-OH is 1. The van der Waals surface area contributed by atoms with Gasteiger partial charge in [-0.3, -0.25) is 0 Å². The van der Waals surface area contributed by atoms with Gasteiger partial charge in [0.2, 0.25) is 0 Å². The second-order valence-corrected chi connectivity index (χ2v) is 10.0. The SMILES string of the molecule is CC(C)(C)OC(=O)N1CCc2c(c3cc(Br)ccc3n2CC(O)COc2ccccc2)C1. The summed E-state index contributed by atoms with van der Waals surface area (Å²) in [4.78, 5) is 14.4. The molecule has 4 rings (SSSR count). The van der Waals surface area contributed by atoms with E-state index in [2.05, 4.69) is 32.6 Å². The molecule has 1 aliphatic heterocycles. The molecule has 1 atom stereocenters. The van der Waals surface area contributed by atoms with Crippen LogP contribution in [0.1, 0.15) is 32.0 Å². The first kappa shape index (κ1) is 22.7. The van der Waals surface area contributed by atoms with Crippen molar-refractivity contribution in [2.24, 2.45) is 0 Å². The minimum atomic E-state index is -0.664. The van der Waals surface area contributed by atoms with Crippen LogP contribution in [0, 0.1) is 0 Å². The average Bonchev–Trinajstić information content (AvgIpc) is 3.04. The molecular formula is C25H29BrN2O4. The first-order valence-corrected chi connectivity index (χ1v) is 11.6. The van der Waals surface area contributed by atoms with Crippen molar-refractivity contribution >= 4 is 32.9 Å². The number of fused-ring (bicyclic) bond motifs is 3. The summed E-state index contributed by atoms with van der Waals surface area (Å²) >= 11 is 3.57. The standard InChI is InChI=1S/C25H29BrN2O4/c1-25(2,3)32-24(30)27-12-11-23-21(15-27)20-13-17(26)9-10-22(20)28(23)14-18(29)16-31-19-7-5-4-6-8-19/h4-10,13,18,29H,11-12,14-16H2,1-3H3. The molecule has 0 spiro atoms. The Bertz CT molecular complexity index is 1100. The Kier molecular flexibility index (Phi) is 6.49. The van der Waals surface area contributed by atoms with E-state index < -0.39 is 11.7 Å². The van der Waals surface area contributed by atoms with Crippen molar-refractivity contribution < 1.29 is 19.4 Å². The highest BCUT2D eigenvalue weighted by molar-refractivity contribution is 9.10. The smallest absolute Gasteiger partial charge is 0.410 e. The summed E-state index contributed by atoms with van der Waals surface area (Å²) in [6.07, 6.45) is -0.259. The van der Waals surface area contributed by atoms with E-state index in [0.29, 0.717) is 26.1 Å². The molecule has 0 radical (unpaired) electrons. The van der Waals surface area contributed by atoms with Crippen molar-refractivity contribution in [2.75, 3.05) is 13.2 Å². The predicted octanol–water partition coefficient (Wildman–Crippen LogP) is 5.14. The van der Waals surface area contributed by atoms with Crippen LogP contribution in [0.3, 0.4) is 0 Å². The van der Waals surface area contributed by atoms with Gasteiger partial charge in [0, 0.05) is 39.6 Å². The number of aromatic nitrogens is 1. The third-order valence-corrected chi connectivity index (χ3v) is 5.94. The first-order valence-electron chi connectivity index (χ1n) is 10.8. The molecule has 3 aromatic rings. The summed E-state index contributed by atoms with van der Waals surface area (Å²) in [6, 6.07) is 15.6. The molecule has 0 fully saturated rings. The summed E-state index contributed by atoms with van der Waals surface area (Å²) in [5.41, 5.74) is 2.77. The molecule has 0 bridgehead atoms. The molecule has 7 heteroatoms. The van der Waals surface area contributed by atoms with E-state index in [1.807, 2.05) is 57.2 Å². The number of carbonyl (C=O) groups is 1. The maximum atomic E-state index is 12.7. The average molecular weight is 501 g/mol. The van der Waals surface area contributed by atoms with Gasteiger partial charge < -0.3 is 24.0 Å². The number of nitrogens with zero attached hydrogens (tertiary/aromatic N) is 2. The van der Waals surface area contributed by atoms with Crippen molar-refractivity contribution in [3.05, 3.63) is 64.3 Å². The zero-order chi connectivity index (χ0) is 22.9. The fraction of sp³-hybridized carbons (Fsp3) is 0.400. The van der Waals surface area contributed by atoms with Gasteiger partial charge in [-0.05, 0) is 51.1 Å². The van der Waals surface area contributed by atoms with Crippen LogP contribution in [0.4, 0.5) is 4.79 Å². The maximum absolute atomic E-state index is 12.7. The molecule has 1 aliphatic rings. The molecule has 0 saturated carbocycles. The number of rotatable bonds is 5. The van der Waals surface area contributed by atoms with Crippen molar-refractivity contribution in [2.45, 2.75) is 52.0 Å². The number of aliphatic hydroxyl groups is 1. The first-order chi connectivity index (χ1) is 15.2. The predicted molar refractivity (Wildman–Crippen MR) is 128 cm³/mol. The summed E-state index contributed by atoms with van der Waals surface area (Å²) in [5, 5.41) is 11.8. The number of carbonyl (C=O) groups excluding carboxylic acids is 1. The number of hydrogen-bond acceptors (Lipinski definition) is 4. The zero-order valence-electron chi connectivity index (χ0n) is 18.7. The fourth-order valence-electron chi connectivity index (χ4n) is 4.09. The Morgan fingerprint density at radius 1 is 1.19 bits per heavy atom. The van der Waals surface area contributed by atoms with Gasteiger partial charge in [0.1, 0.15) is 24.1 Å². The summed E-state index contributed by atoms with van der Waals surface area (Å²) in [5.74, 6) is 0.739. The molecule has 6 nitrogen and oxygen atoms in total. The lowest BCUT2D eigenvalue weighted by atomic mass is 10.0. The van der Waals surface area contributed by atoms with E-state index in [4.69, 9.17) is 9.47 Å². The van der Waals surface area contributed by atoms with Crippen molar-refractivity contribution in [3.63, 3.8) is 0 Å². The highest BCUT2D eigenvalue weighted by Gasteiger charge is 2.30. The van der Waals surface area contributed by atoms with Gasteiger partial charge in [-0.1, -0.05) is 34.1 Å². The Hall–Kier alpha value is -2.51. The largest absolute Gasteiger partial charge is 0.491 e. The third kappa shape index (κ3) is 5.10. The minimum absolute atomic E-state index is 0.207.